The molecule has 1 amide bonds. The monoisotopic (exact) mass is 289 g/mol. The highest BCUT2D eigenvalue weighted by Crippen LogP contribution is 2.21. The topological polar surface area (TPSA) is 80.7 Å². The van der Waals surface area contributed by atoms with Crippen molar-refractivity contribution in [2.75, 3.05) is 19.0 Å². The molecule has 1 aromatic carbocycles. The maximum atomic E-state index is 11.5. The molecule has 3 N–H and O–H groups in total. The summed E-state index contributed by atoms with van der Waals surface area (Å²) < 4.78 is 11.2. The van der Waals surface area contributed by atoms with Gasteiger partial charge in [-0.3, -0.25) is 10.2 Å². The van der Waals surface area contributed by atoms with Gasteiger partial charge in [0, 0.05) is 25.8 Å². The van der Waals surface area contributed by atoms with Crippen LogP contribution in [0.15, 0.2) is 34.7 Å². The average molecular weight is 289 g/mol. The standard InChI is InChI=1S/C15H19N3O3/c1-10-14(15(19)17-16)8-13(21-10)9-20-12-6-4-5-11(7-12)18(2)3/h4-8H,9,16H2,1-3H3,(H,17,19). The smallest absolute Gasteiger partial charge is 0.268 e. The van der Waals surface area contributed by atoms with Crippen LogP contribution < -0.4 is 20.9 Å². The average Bonchev–Trinajstić information content (AvgIpc) is 2.85. The van der Waals surface area contributed by atoms with Crippen molar-refractivity contribution in [3.63, 3.8) is 0 Å². The molecular weight excluding hydrogens is 270 g/mol. The van der Waals surface area contributed by atoms with Gasteiger partial charge in [0.05, 0.1) is 5.56 Å². The predicted octanol–water partition coefficient (Wildman–Crippen LogP) is 1.84. The number of aryl methyl sites for hydroxylation is 1. The summed E-state index contributed by atoms with van der Waals surface area (Å²) in [6, 6.07) is 9.35. The van der Waals surface area contributed by atoms with E-state index in [0.29, 0.717) is 17.1 Å². The Hall–Kier alpha value is -2.47. The number of amides is 1. The van der Waals surface area contributed by atoms with Crippen LogP contribution in [0.4, 0.5) is 5.69 Å². The molecule has 6 heteroatoms. The number of hydrogen-bond acceptors (Lipinski definition) is 5. The first kappa shape index (κ1) is 14.9. The van der Waals surface area contributed by atoms with E-state index >= 15 is 0 Å². The van der Waals surface area contributed by atoms with Crippen molar-refractivity contribution in [3.8, 4) is 5.75 Å². The van der Waals surface area contributed by atoms with E-state index in [-0.39, 0.29) is 12.5 Å². The molecule has 112 valence electrons. The Morgan fingerprint density at radius 1 is 1.38 bits per heavy atom. The number of rotatable bonds is 5. The van der Waals surface area contributed by atoms with Crippen LogP contribution in [0.1, 0.15) is 21.9 Å². The zero-order valence-electron chi connectivity index (χ0n) is 12.3. The van der Waals surface area contributed by atoms with Crippen molar-refractivity contribution in [3.05, 3.63) is 47.4 Å². The van der Waals surface area contributed by atoms with Crippen LogP contribution in [0.3, 0.4) is 0 Å². The third kappa shape index (κ3) is 3.55. The van der Waals surface area contributed by atoms with Gasteiger partial charge < -0.3 is 14.1 Å². The number of nitrogens with two attached hydrogens (primary N) is 1. The van der Waals surface area contributed by atoms with Gasteiger partial charge in [-0.2, -0.15) is 0 Å². The lowest BCUT2D eigenvalue weighted by Gasteiger charge is -2.13. The highest BCUT2D eigenvalue weighted by atomic mass is 16.5. The van der Waals surface area contributed by atoms with Crippen LogP contribution in [-0.4, -0.2) is 20.0 Å². The molecule has 0 bridgehead atoms. The first-order chi connectivity index (χ1) is 10.0. The van der Waals surface area contributed by atoms with Crippen LogP contribution >= 0.6 is 0 Å². The highest BCUT2D eigenvalue weighted by molar-refractivity contribution is 5.94. The van der Waals surface area contributed by atoms with Crippen LogP contribution in [0.5, 0.6) is 5.75 Å². The summed E-state index contributed by atoms with van der Waals surface area (Å²) in [6.07, 6.45) is 0. The highest BCUT2D eigenvalue weighted by Gasteiger charge is 2.14. The van der Waals surface area contributed by atoms with E-state index in [2.05, 4.69) is 5.43 Å². The Balaban J connectivity index is 2.06. The van der Waals surface area contributed by atoms with E-state index in [0.717, 1.165) is 11.4 Å². The number of hydrazine groups is 1. The second kappa shape index (κ2) is 6.32. The molecule has 2 rings (SSSR count). The molecule has 0 saturated heterocycles. The lowest BCUT2D eigenvalue weighted by atomic mass is 10.2. The van der Waals surface area contributed by atoms with Gasteiger partial charge in [0.1, 0.15) is 23.9 Å². The maximum absolute atomic E-state index is 11.5. The maximum Gasteiger partial charge on any atom is 0.268 e. The van der Waals surface area contributed by atoms with Crippen LogP contribution in [-0.2, 0) is 6.61 Å². The van der Waals surface area contributed by atoms with Crippen LogP contribution in [0, 0.1) is 6.92 Å². The molecule has 0 aliphatic rings. The second-order valence-electron chi connectivity index (χ2n) is 4.84. The molecule has 6 nitrogen and oxygen atoms in total. The molecular formula is C15H19N3O3. The summed E-state index contributed by atoms with van der Waals surface area (Å²) >= 11 is 0. The zero-order valence-corrected chi connectivity index (χ0v) is 12.3. The summed E-state index contributed by atoms with van der Waals surface area (Å²) in [4.78, 5) is 13.5. The SMILES string of the molecule is Cc1oc(COc2cccc(N(C)C)c2)cc1C(=O)NN. The molecule has 1 aromatic heterocycles. The number of nitrogens with zero attached hydrogens (tertiary/aromatic N) is 1. The molecule has 0 spiro atoms. The third-order valence-electron chi connectivity index (χ3n) is 3.06. The number of benzene rings is 1. The minimum atomic E-state index is -0.378. The molecule has 2 aromatic rings. The summed E-state index contributed by atoms with van der Waals surface area (Å²) in [5, 5.41) is 0. The predicted molar refractivity (Wildman–Crippen MR) is 80.2 cm³/mol. The fraction of sp³-hybridized carbons (Fsp3) is 0.267. The fourth-order valence-corrected chi connectivity index (χ4v) is 1.92. The first-order valence-corrected chi connectivity index (χ1v) is 6.51. The van der Waals surface area contributed by atoms with Crippen LogP contribution in [0.2, 0.25) is 0 Å². The van der Waals surface area contributed by atoms with E-state index in [4.69, 9.17) is 15.0 Å². The third-order valence-corrected chi connectivity index (χ3v) is 3.06. The van der Waals surface area contributed by atoms with Crippen molar-refractivity contribution in [1.29, 1.82) is 0 Å². The van der Waals surface area contributed by atoms with E-state index in [9.17, 15) is 4.79 Å². The van der Waals surface area contributed by atoms with E-state index in [1.54, 1.807) is 13.0 Å². The summed E-state index contributed by atoms with van der Waals surface area (Å²) in [7, 11) is 3.93. The number of hydrogen-bond donors (Lipinski definition) is 2. The number of carbonyl (C=O) groups excluding carboxylic acids is 1. The van der Waals surface area contributed by atoms with Crippen molar-refractivity contribution in [2.45, 2.75) is 13.5 Å². The van der Waals surface area contributed by atoms with Crippen molar-refractivity contribution in [2.24, 2.45) is 5.84 Å². The lowest BCUT2D eigenvalue weighted by molar-refractivity contribution is 0.0952. The fourth-order valence-electron chi connectivity index (χ4n) is 1.92. The molecule has 0 aliphatic heterocycles. The van der Waals surface area contributed by atoms with Gasteiger partial charge in [0.2, 0.25) is 0 Å². The number of nitrogens with one attached hydrogen (secondary N) is 1. The molecule has 0 unspecified atom stereocenters. The van der Waals surface area contributed by atoms with Crippen molar-refractivity contribution < 1.29 is 13.9 Å². The Labute approximate surface area is 123 Å². The molecule has 0 radical (unpaired) electrons. The number of carbonyl (C=O) groups is 1. The van der Waals surface area contributed by atoms with Gasteiger partial charge in [0.15, 0.2) is 0 Å². The van der Waals surface area contributed by atoms with Gasteiger partial charge in [-0.05, 0) is 25.1 Å². The summed E-state index contributed by atoms with van der Waals surface area (Å²) in [5.41, 5.74) is 3.55. The normalized spacial score (nSPS) is 10.3. The van der Waals surface area contributed by atoms with Gasteiger partial charge in [-0.25, -0.2) is 5.84 Å². The quantitative estimate of drug-likeness (QED) is 0.498. The van der Waals surface area contributed by atoms with Gasteiger partial charge in [-0.15, -0.1) is 0 Å². The molecule has 0 atom stereocenters. The number of furan rings is 1. The molecule has 0 fully saturated rings. The first-order valence-electron chi connectivity index (χ1n) is 6.51. The van der Waals surface area contributed by atoms with Gasteiger partial charge in [-0.1, -0.05) is 6.07 Å². The Bertz CT molecular complexity index is 635. The van der Waals surface area contributed by atoms with E-state index in [1.165, 1.54) is 0 Å². The summed E-state index contributed by atoms with van der Waals surface area (Å²) in [6.45, 7) is 1.95. The van der Waals surface area contributed by atoms with Gasteiger partial charge >= 0.3 is 0 Å². The molecule has 21 heavy (non-hydrogen) atoms. The minimum Gasteiger partial charge on any atom is -0.486 e. The molecule has 0 saturated carbocycles. The van der Waals surface area contributed by atoms with E-state index < -0.39 is 0 Å². The lowest BCUT2D eigenvalue weighted by Crippen LogP contribution is -2.30. The number of nitrogen functional groups attached to an aromatic ring is 1. The van der Waals surface area contributed by atoms with Crippen LogP contribution in [0.25, 0.3) is 0 Å². The zero-order chi connectivity index (χ0) is 15.4. The number of ether oxygens (including phenoxy) is 1. The van der Waals surface area contributed by atoms with Crippen molar-refractivity contribution in [1.82, 2.24) is 5.43 Å². The molecule has 1 heterocycles. The van der Waals surface area contributed by atoms with E-state index in [1.807, 2.05) is 43.3 Å². The molecule has 0 aliphatic carbocycles. The largest absolute Gasteiger partial charge is 0.486 e. The second-order valence-corrected chi connectivity index (χ2v) is 4.84. The minimum absolute atomic E-state index is 0.246. The summed E-state index contributed by atoms with van der Waals surface area (Å²) in [5.74, 6) is 6.56. The Morgan fingerprint density at radius 3 is 2.81 bits per heavy atom. The van der Waals surface area contributed by atoms with Crippen molar-refractivity contribution >= 4 is 11.6 Å². The Morgan fingerprint density at radius 2 is 2.14 bits per heavy atom. The Kier molecular flexibility index (Phi) is 4.49. The van der Waals surface area contributed by atoms with Gasteiger partial charge in [0.25, 0.3) is 5.91 Å². The number of anilines is 1.